The van der Waals surface area contributed by atoms with E-state index in [1.807, 2.05) is 18.2 Å². The van der Waals surface area contributed by atoms with Gasteiger partial charge in [-0.05, 0) is 25.2 Å². The fourth-order valence-electron chi connectivity index (χ4n) is 1.89. The number of primary amides is 1. The molecule has 0 heterocycles. The second-order valence-corrected chi connectivity index (χ2v) is 5.55. The minimum absolute atomic E-state index is 0.116. The van der Waals surface area contributed by atoms with Gasteiger partial charge in [-0.3, -0.25) is 9.59 Å². The standard InChI is InChI=1S/C15H23N3O2S/c1-3-18(4-2)10-9-17-15(20)12-7-5-6-8-13(12)21-11-14(16)19/h5-8H,3-4,9-11H2,1-2H3,(H2,16,19)(H,17,20). The van der Waals surface area contributed by atoms with E-state index >= 15 is 0 Å². The van der Waals surface area contributed by atoms with Gasteiger partial charge in [0.05, 0.1) is 11.3 Å². The average molecular weight is 309 g/mol. The molecule has 0 radical (unpaired) electrons. The zero-order valence-corrected chi connectivity index (χ0v) is 13.4. The summed E-state index contributed by atoms with van der Waals surface area (Å²) in [6.07, 6.45) is 0. The van der Waals surface area contributed by atoms with E-state index in [4.69, 9.17) is 5.73 Å². The summed E-state index contributed by atoms with van der Waals surface area (Å²) in [6, 6.07) is 7.24. The molecule has 0 aliphatic rings. The van der Waals surface area contributed by atoms with Crippen molar-refractivity contribution in [1.29, 1.82) is 0 Å². The van der Waals surface area contributed by atoms with Gasteiger partial charge in [0.25, 0.3) is 5.91 Å². The van der Waals surface area contributed by atoms with E-state index in [2.05, 4.69) is 24.1 Å². The average Bonchev–Trinajstić information content (AvgIpc) is 2.49. The van der Waals surface area contributed by atoms with Gasteiger partial charge in [-0.1, -0.05) is 26.0 Å². The number of rotatable bonds is 9. The maximum atomic E-state index is 12.2. The number of hydrogen-bond acceptors (Lipinski definition) is 4. The van der Waals surface area contributed by atoms with Gasteiger partial charge in [0, 0.05) is 18.0 Å². The van der Waals surface area contributed by atoms with Crippen LogP contribution in [-0.2, 0) is 4.79 Å². The molecular formula is C15H23N3O2S. The Bertz CT molecular complexity index is 476. The highest BCUT2D eigenvalue weighted by Gasteiger charge is 2.11. The summed E-state index contributed by atoms with van der Waals surface area (Å²) in [6.45, 7) is 7.57. The number of nitrogens with zero attached hydrogens (tertiary/aromatic N) is 1. The molecule has 0 aromatic heterocycles. The molecule has 3 N–H and O–H groups in total. The van der Waals surface area contributed by atoms with Crippen LogP contribution in [0.5, 0.6) is 0 Å². The third-order valence-corrected chi connectivity index (χ3v) is 4.21. The summed E-state index contributed by atoms with van der Waals surface area (Å²) in [5.41, 5.74) is 5.73. The molecule has 0 spiro atoms. The smallest absolute Gasteiger partial charge is 0.252 e. The van der Waals surface area contributed by atoms with Crippen molar-refractivity contribution in [3.05, 3.63) is 29.8 Å². The van der Waals surface area contributed by atoms with Crippen molar-refractivity contribution in [2.45, 2.75) is 18.7 Å². The Hall–Kier alpha value is -1.53. The maximum absolute atomic E-state index is 12.2. The first-order chi connectivity index (χ1) is 10.1. The van der Waals surface area contributed by atoms with Crippen molar-refractivity contribution < 1.29 is 9.59 Å². The van der Waals surface area contributed by atoms with Gasteiger partial charge in [-0.15, -0.1) is 11.8 Å². The summed E-state index contributed by atoms with van der Waals surface area (Å²) in [5.74, 6) is -0.338. The molecule has 116 valence electrons. The second kappa shape index (κ2) is 9.41. The number of carbonyl (C=O) groups excluding carboxylic acids is 2. The van der Waals surface area contributed by atoms with Crippen molar-refractivity contribution in [1.82, 2.24) is 10.2 Å². The summed E-state index contributed by atoms with van der Waals surface area (Å²) in [7, 11) is 0. The highest BCUT2D eigenvalue weighted by atomic mass is 32.2. The SMILES string of the molecule is CCN(CC)CCNC(=O)c1ccccc1SCC(N)=O. The van der Waals surface area contributed by atoms with Crippen LogP contribution >= 0.6 is 11.8 Å². The molecule has 0 fully saturated rings. The highest BCUT2D eigenvalue weighted by Crippen LogP contribution is 2.22. The molecule has 5 nitrogen and oxygen atoms in total. The van der Waals surface area contributed by atoms with Crippen LogP contribution in [0.1, 0.15) is 24.2 Å². The lowest BCUT2D eigenvalue weighted by Crippen LogP contribution is -2.35. The number of carbonyl (C=O) groups is 2. The highest BCUT2D eigenvalue weighted by molar-refractivity contribution is 8.00. The van der Waals surface area contributed by atoms with Gasteiger partial charge in [0.15, 0.2) is 0 Å². The summed E-state index contributed by atoms with van der Waals surface area (Å²) in [4.78, 5) is 26.1. The van der Waals surface area contributed by atoms with Gasteiger partial charge in [0.2, 0.25) is 5.91 Å². The Morgan fingerprint density at radius 2 is 1.90 bits per heavy atom. The van der Waals surface area contributed by atoms with E-state index in [1.54, 1.807) is 6.07 Å². The normalized spacial score (nSPS) is 10.6. The van der Waals surface area contributed by atoms with Crippen LogP contribution < -0.4 is 11.1 Å². The molecule has 0 aliphatic heterocycles. The molecule has 0 saturated carbocycles. The van der Waals surface area contributed by atoms with Crippen LogP contribution in [0.25, 0.3) is 0 Å². The largest absolute Gasteiger partial charge is 0.369 e. The minimum Gasteiger partial charge on any atom is -0.369 e. The molecule has 0 atom stereocenters. The minimum atomic E-state index is -0.392. The molecule has 1 rings (SSSR count). The van der Waals surface area contributed by atoms with Gasteiger partial charge >= 0.3 is 0 Å². The first-order valence-electron chi connectivity index (χ1n) is 7.09. The predicted octanol–water partition coefficient (Wildman–Crippen LogP) is 1.34. The first kappa shape index (κ1) is 17.5. The molecule has 0 saturated heterocycles. The Morgan fingerprint density at radius 1 is 1.24 bits per heavy atom. The zero-order chi connectivity index (χ0) is 15.7. The van der Waals surface area contributed by atoms with Crippen molar-refractivity contribution in [2.24, 2.45) is 5.73 Å². The molecule has 0 bridgehead atoms. The van der Waals surface area contributed by atoms with Gasteiger partial charge in [-0.2, -0.15) is 0 Å². The molecular weight excluding hydrogens is 286 g/mol. The summed E-state index contributed by atoms with van der Waals surface area (Å²) in [5, 5.41) is 2.92. The Balaban J connectivity index is 2.59. The number of nitrogens with one attached hydrogen (secondary N) is 1. The predicted molar refractivity (Wildman–Crippen MR) is 86.5 cm³/mol. The van der Waals surface area contributed by atoms with E-state index in [9.17, 15) is 9.59 Å². The van der Waals surface area contributed by atoms with E-state index in [-0.39, 0.29) is 11.7 Å². The van der Waals surface area contributed by atoms with E-state index in [0.29, 0.717) is 12.1 Å². The zero-order valence-electron chi connectivity index (χ0n) is 12.6. The number of nitrogens with two attached hydrogens (primary N) is 1. The van der Waals surface area contributed by atoms with Crippen LogP contribution in [-0.4, -0.2) is 48.6 Å². The second-order valence-electron chi connectivity index (χ2n) is 4.53. The lowest BCUT2D eigenvalue weighted by atomic mass is 10.2. The van der Waals surface area contributed by atoms with Crippen LogP contribution in [0.4, 0.5) is 0 Å². The third kappa shape index (κ3) is 6.18. The molecule has 2 amide bonds. The molecule has 0 aliphatic carbocycles. The summed E-state index contributed by atoms with van der Waals surface area (Å²) < 4.78 is 0. The number of amides is 2. The third-order valence-electron chi connectivity index (χ3n) is 3.11. The number of thioether (sulfide) groups is 1. The van der Waals surface area contributed by atoms with E-state index in [1.165, 1.54) is 11.8 Å². The first-order valence-corrected chi connectivity index (χ1v) is 8.07. The Labute approximate surface area is 130 Å². The van der Waals surface area contributed by atoms with Crippen LogP contribution in [0.2, 0.25) is 0 Å². The van der Waals surface area contributed by atoms with Crippen molar-refractivity contribution in [3.63, 3.8) is 0 Å². The topological polar surface area (TPSA) is 75.4 Å². The fraction of sp³-hybridized carbons (Fsp3) is 0.467. The number of benzene rings is 1. The molecule has 21 heavy (non-hydrogen) atoms. The van der Waals surface area contributed by atoms with Crippen LogP contribution in [0, 0.1) is 0 Å². The monoisotopic (exact) mass is 309 g/mol. The van der Waals surface area contributed by atoms with E-state index in [0.717, 1.165) is 24.5 Å². The van der Waals surface area contributed by atoms with Gasteiger partial charge in [-0.25, -0.2) is 0 Å². The van der Waals surface area contributed by atoms with Gasteiger partial charge < -0.3 is 16.0 Å². The lowest BCUT2D eigenvalue weighted by Gasteiger charge is -2.18. The fourth-order valence-corrected chi connectivity index (χ4v) is 2.68. The molecule has 0 unspecified atom stereocenters. The van der Waals surface area contributed by atoms with Crippen molar-refractivity contribution >= 4 is 23.6 Å². The van der Waals surface area contributed by atoms with Crippen LogP contribution in [0.3, 0.4) is 0 Å². The number of likely N-dealkylation sites (N-methyl/N-ethyl adjacent to an activating group) is 1. The Kier molecular flexibility index (Phi) is 7.85. The molecule has 1 aromatic carbocycles. The van der Waals surface area contributed by atoms with Crippen molar-refractivity contribution in [2.75, 3.05) is 31.9 Å². The maximum Gasteiger partial charge on any atom is 0.252 e. The quantitative estimate of drug-likeness (QED) is 0.675. The lowest BCUT2D eigenvalue weighted by molar-refractivity contribution is -0.115. The summed E-state index contributed by atoms with van der Waals surface area (Å²) >= 11 is 1.29. The van der Waals surface area contributed by atoms with E-state index < -0.39 is 5.91 Å². The van der Waals surface area contributed by atoms with Crippen LogP contribution in [0.15, 0.2) is 29.2 Å². The number of hydrogen-bond donors (Lipinski definition) is 2. The Morgan fingerprint density at radius 3 is 2.52 bits per heavy atom. The molecule has 6 heteroatoms. The van der Waals surface area contributed by atoms with Crippen molar-refractivity contribution in [3.8, 4) is 0 Å². The van der Waals surface area contributed by atoms with Gasteiger partial charge in [0.1, 0.15) is 0 Å². The molecule has 1 aromatic rings.